The lowest BCUT2D eigenvalue weighted by Gasteiger charge is -2.04. The molecule has 0 N–H and O–H groups in total. The van der Waals surface area contributed by atoms with Crippen molar-refractivity contribution in [1.82, 2.24) is 14.8 Å². The molecule has 18 heavy (non-hydrogen) atoms. The van der Waals surface area contributed by atoms with E-state index in [-0.39, 0.29) is 11.4 Å². The van der Waals surface area contributed by atoms with Crippen LogP contribution in [0.5, 0.6) is 5.75 Å². The Morgan fingerprint density at radius 1 is 1.44 bits per heavy atom. The summed E-state index contributed by atoms with van der Waals surface area (Å²) < 4.78 is 6.64. The second-order valence-corrected chi connectivity index (χ2v) is 3.75. The van der Waals surface area contributed by atoms with E-state index in [0.717, 1.165) is 5.56 Å². The molecule has 0 aliphatic carbocycles. The van der Waals surface area contributed by atoms with E-state index in [2.05, 4.69) is 10.1 Å². The van der Waals surface area contributed by atoms with Crippen LogP contribution < -0.4 is 4.74 Å². The first kappa shape index (κ1) is 12.0. The second-order valence-electron chi connectivity index (χ2n) is 3.75. The van der Waals surface area contributed by atoms with Crippen LogP contribution in [0.25, 0.3) is 11.4 Å². The fraction of sp³-hybridized carbons (Fsp3) is 0.273. The van der Waals surface area contributed by atoms with E-state index in [0.29, 0.717) is 11.6 Å². The average molecular weight is 248 g/mol. The zero-order chi connectivity index (χ0) is 13.3. The van der Waals surface area contributed by atoms with Crippen LogP contribution in [0.1, 0.15) is 5.82 Å². The monoisotopic (exact) mass is 248 g/mol. The number of methoxy groups -OCH3 is 1. The lowest BCUT2D eigenvalue weighted by Crippen LogP contribution is -1.97. The maximum Gasteiger partial charge on any atom is 0.310 e. The molecule has 0 saturated heterocycles. The molecule has 7 heteroatoms. The Morgan fingerprint density at radius 3 is 2.67 bits per heavy atom. The number of benzene rings is 1. The minimum Gasteiger partial charge on any atom is -0.490 e. The smallest absolute Gasteiger partial charge is 0.310 e. The van der Waals surface area contributed by atoms with Gasteiger partial charge in [0.2, 0.25) is 0 Å². The normalized spacial score (nSPS) is 10.4. The van der Waals surface area contributed by atoms with Gasteiger partial charge in [0.05, 0.1) is 12.0 Å². The molecular weight excluding hydrogens is 236 g/mol. The molecule has 2 rings (SSSR count). The van der Waals surface area contributed by atoms with E-state index in [1.807, 2.05) is 0 Å². The van der Waals surface area contributed by atoms with Crippen molar-refractivity contribution in [2.24, 2.45) is 7.05 Å². The molecule has 0 aliphatic heterocycles. The van der Waals surface area contributed by atoms with Gasteiger partial charge in [-0.2, -0.15) is 5.10 Å². The van der Waals surface area contributed by atoms with Gasteiger partial charge in [-0.15, -0.1) is 0 Å². The summed E-state index contributed by atoms with van der Waals surface area (Å²) in [5.41, 5.74) is 0.653. The summed E-state index contributed by atoms with van der Waals surface area (Å²) in [7, 11) is 3.16. The number of hydrogen-bond acceptors (Lipinski definition) is 5. The van der Waals surface area contributed by atoms with E-state index in [1.54, 1.807) is 30.8 Å². The molecule has 0 fully saturated rings. The maximum absolute atomic E-state index is 10.8. The number of ether oxygens (including phenoxy) is 1. The average Bonchev–Trinajstić information content (AvgIpc) is 2.67. The molecule has 0 aliphatic rings. The van der Waals surface area contributed by atoms with Crippen LogP contribution in [-0.2, 0) is 7.05 Å². The summed E-state index contributed by atoms with van der Waals surface area (Å²) >= 11 is 0. The van der Waals surface area contributed by atoms with Crippen LogP contribution in [0.3, 0.4) is 0 Å². The molecule has 94 valence electrons. The second kappa shape index (κ2) is 4.44. The predicted molar refractivity (Wildman–Crippen MR) is 64.4 cm³/mol. The van der Waals surface area contributed by atoms with Gasteiger partial charge in [-0.05, 0) is 19.1 Å². The molecule has 1 aromatic heterocycles. The molecule has 0 atom stereocenters. The number of hydrogen-bond donors (Lipinski definition) is 0. The van der Waals surface area contributed by atoms with E-state index >= 15 is 0 Å². The van der Waals surface area contributed by atoms with Crippen LogP contribution in [0.4, 0.5) is 5.69 Å². The van der Waals surface area contributed by atoms with Crippen molar-refractivity contribution in [2.45, 2.75) is 6.92 Å². The highest BCUT2D eigenvalue weighted by atomic mass is 16.6. The van der Waals surface area contributed by atoms with E-state index in [4.69, 9.17) is 4.74 Å². The van der Waals surface area contributed by atoms with E-state index < -0.39 is 4.92 Å². The van der Waals surface area contributed by atoms with Crippen LogP contribution in [0.15, 0.2) is 18.2 Å². The molecule has 0 spiro atoms. The number of nitrogens with zero attached hydrogens (tertiary/aromatic N) is 4. The summed E-state index contributed by atoms with van der Waals surface area (Å²) in [5, 5.41) is 14.9. The van der Waals surface area contributed by atoms with Gasteiger partial charge in [-0.1, -0.05) is 0 Å². The Morgan fingerprint density at radius 2 is 2.17 bits per heavy atom. The van der Waals surface area contributed by atoms with E-state index in [9.17, 15) is 10.1 Å². The molecule has 0 unspecified atom stereocenters. The molecule has 1 aromatic carbocycles. The Hall–Kier alpha value is -2.44. The van der Waals surface area contributed by atoms with Gasteiger partial charge >= 0.3 is 5.69 Å². The van der Waals surface area contributed by atoms with Gasteiger partial charge in [-0.25, -0.2) is 9.67 Å². The first-order chi connectivity index (χ1) is 8.52. The molecule has 2 aromatic rings. The van der Waals surface area contributed by atoms with Gasteiger partial charge in [-0.3, -0.25) is 10.1 Å². The van der Waals surface area contributed by atoms with Crippen molar-refractivity contribution in [1.29, 1.82) is 0 Å². The van der Waals surface area contributed by atoms with E-state index in [1.165, 1.54) is 13.2 Å². The third-order valence-corrected chi connectivity index (χ3v) is 2.50. The van der Waals surface area contributed by atoms with Crippen molar-refractivity contribution in [3.8, 4) is 17.1 Å². The Bertz CT molecular complexity index is 606. The molecule has 1 heterocycles. The molecular formula is C11H12N4O3. The zero-order valence-corrected chi connectivity index (χ0v) is 10.2. The summed E-state index contributed by atoms with van der Waals surface area (Å²) in [6, 6.07) is 4.61. The molecule has 0 saturated carbocycles. The number of nitro groups is 1. The van der Waals surface area contributed by atoms with Gasteiger partial charge < -0.3 is 4.74 Å². The minimum atomic E-state index is -0.482. The zero-order valence-electron chi connectivity index (χ0n) is 10.2. The van der Waals surface area contributed by atoms with Crippen LogP contribution in [0.2, 0.25) is 0 Å². The summed E-state index contributed by atoms with van der Waals surface area (Å²) in [6.07, 6.45) is 0. The summed E-state index contributed by atoms with van der Waals surface area (Å²) in [5.74, 6) is 1.49. The molecule has 0 bridgehead atoms. The molecule has 0 radical (unpaired) electrons. The lowest BCUT2D eigenvalue weighted by atomic mass is 10.2. The third kappa shape index (κ3) is 2.02. The fourth-order valence-corrected chi connectivity index (χ4v) is 1.73. The van der Waals surface area contributed by atoms with Gasteiger partial charge in [0.1, 0.15) is 5.82 Å². The topological polar surface area (TPSA) is 83.1 Å². The van der Waals surface area contributed by atoms with Crippen LogP contribution in [-0.4, -0.2) is 26.8 Å². The van der Waals surface area contributed by atoms with Crippen LogP contribution in [0, 0.1) is 17.0 Å². The minimum absolute atomic E-state index is 0.0693. The Balaban J connectivity index is 2.54. The molecule has 7 nitrogen and oxygen atoms in total. The highest BCUT2D eigenvalue weighted by Gasteiger charge is 2.17. The van der Waals surface area contributed by atoms with Gasteiger partial charge in [0, 0.05) is 18.7 Å². The van der Waals surface area contributed by atoms with Crippen molar-refractivity contribution < 1.29 is 9.66 Å². The number of nitro benzene ring substituents is 1. The van der Waals surface area contributed by atoms with Crippen LogP contribution >= 0.6 is 0 Å². The van der Waals surface area contributed by atoms with Crippen molar-refractivity contribution in [2.75, 3.05) is 7.11 Å². The number of aromatic nitrogens is 3. The SMILES string of the molecule is COc1cc(-c2nc(C)nn2C)ccc1[N+](=O)[O-]. The van der Waals surface area contributed by atoms with Gasteiger partial charge in [0.15, 0.2) is 11.6 Å². The maximum atomic E-state index is 10.8. The summed E-state index contributed by atoms with van der Waals surface area (Å²) in [4.78, 5) is 14.6. The third-order valence-electron chi connectivity index (χ3n) is 2.50. The van der Waals surface area contributed by atoms with Gasteiger partial charge in [0.25, 0.3) is 0 Å². The number of aryl methyl sites for hydroxylation is 2. The van der Waals surface area contributed by atoms with Crippen molar-refractivity contribution in [3.05, 3.63) is 34.1 Å². The lowest BCUT2D eigenvalue weighted by molar-refractivity contribution is -0.385. The van der Waals surface area contributed by atoms with Crippen molar-refractivity contribution >= 4 is 5.69 Å². The highest BCUT2D eigenvalue weighted by Crippen LogP contribution is 2.31. The fourth-order valence-electron chi connectivity index (χ4n) is 1.73. The quantitative estimate of drug-likeness (QED) is 0.609. The molecule has 0 amide bonds. The Labute approximate surface area is 103 Å². The highest BCUT2D eigenvalue weighted by molar-refractivity contribution is 5.63. The first-order valence-electron chi connectivity index (χ1n) is 5.23. The first-order valence-corrected chi connectivity index (χ1v) is 5.23. The summed E-state index contributed by atoms with van der Waals surface area (Å²) in [6.45, 7) is 1.78. The predicted octanol–water partition coefficient (Wildman–Crippen LogP) is 1.71. The largest absolute Gasteiger partial charge is 0.490 e. The standard InChI is InChI=1S/C11H12N4O3/c1-7-12-11(14(2)13-7)8-4-5-9(15(16)17)10(6-8)18-3/h4-6H,1-3H3. The van der Waals surface area contributed by atoms with Crippen molar-refractivity contribution in [3.63, 3.8) is 0 Å². The number of rotatable bonds is 3. The Kier molecular flexibility index (Phi) is 2.97.